The van der Waals surface area contributed by atoms with Gasteiger partial charge in [-0.1, -0.05) is 5.16 Å². The van der Waals surface area contributed by atoms with E-state index in [0.717, 1.165) is 36.1 Å². The molecule has 2 aliphatic rings. The van der Waals surface area contributed by atoms with Crippen molar-refractivity contribution in [3.8, 4) is 0 Å². The van der Waals surface area contributed by atoms with Crippen molar-refractivity contribution in [2.75, 3.05) is 0 Å². The van der Waals surface area contributed by atoms with Crippen LogP contribution in [-0.4, -0.2) is 5.16 Å². The molecule has 0 aliphatic heterocycles. The van der Waals surface area contributed by atoms with Gasteiger partial charge in [-0.2, -0.15) is 0 Å². The first-order valence-electron chi connectivity index (χ1n) is 5.32. The molecule has 3 nitrogen and oxygen atoms in total. The van der Waals surface area contributed by atoms with E-state index in [1.165, 1.54) is 12.0 Å². The number of fused-ring (bicyclic) bond motifs is 1. The molecule has 0 aromatic carbocycles. The fourth-order valence-corrected chi connectivity index (χ4v) is 3.23. The Kier molecular flexibility index (Phi) is 1.45. The van der Waals surface area contributed by atoms with Crippen LogP contribution >= 0.6 is 0 Å². The van der Waals surface area contributed by atoms with Gasteiger partial charge < -0.3 is 10.3 Å². The molecule has 3 rings (SSSR count). The molecule has 2 saturated carbocycles. The van der Waals surface area contributed by atoms with Crippen LogP contribution in [0, 0.1) is 25.7 Å². The minimum absolute atomic E-state index is 0.137. The molecular formula is C11H16N2O. The van der Waals surface area contributed by atoms with Gasteiger partial charge in [0.2, 0.25) is 0 Å². The lowest BCUT2D eigenvalue weighted by Crippen LogP contribution is -2.35. The highest BCUT2D eigenvalue weighted by Crippen LogP contribution is 2.59. The molecule has 14 heavy (non-hydrogen) atoms. The fourth-order valence-electron chi connectivity index (χ4n) is 3.23. The highest BCUT2D eigenvalue weighted by Gasteiger charge is 2.54. The zero-order chi connectivity index (χ0) is 9.92. The van der Waals surface area contributed by atoms with E-state index >= 15 is 0 Å². The summed E-state index contributed by atoms with van der Waals surface area (Å²) in [6.45, 7) is 3.96. The monoisotopic (exact) mass is 192 g/mol. The van der Waals surface area contributed by atoms with Crippen LogP contribution in [0.4, 0.5) is 0 Å². The fraction of sp³-hybridized carbons (Fsp3) is 0.727. The van der Waals surface area contributed by atoms with Crippen molar-refractivity contribution < 1.29 is 4.52 Å². The first-order chi connectivity index (χ1) is 6.60. The molecule has 2 aliphatic carbocycles. The average Bonchev–Trinajstić information content (AvgIpc) is 2.54. The third-order valence-electron chi connectivity index (χ3n) is 3.85. The number of hydrogen-bond donors (Lipinski definition) is 1. The molecule has 2 unspecified atom stereocenters. The van der Waals surface area contributed by atoms with Crippen LogP contribution in [-0.2, 0) is 5.54 Å². The topological polar surface area (TPSA) is 52.0 Å². The summed E-state index contributed by atoms with van der Waals surface area (Å²) in [7, 11) is 0. The molecule has 0 saturated heterocycles. The summed E-state index contributed by atoms with van der Waals surface area (Å²) in [4.78, 5) is 0. The Hall–Kier alpha value is -0.830. The summed E-state index contributed by atoms with van der Waals surface area (Å²) in [6.07, 6.45) is 3.64. The maximum absolute atomic E-state index is 6.45. The van der Waals surface area contributed by atoms with Crippen LogP contribution in [0.1, 0.15) is 36.3 Å². The summed E-state index contributed by atoms with van der Waals surface area (Å²) >= 11 is 0. The van der Waals surface area contributed by atoms with Gasteiger partial charge in [-0.25, -0.2) is 0 Å². The van der Waals surface area contributed by atoms with Crippen molar-refractivity contribution in [2.24, 2.45) is 17.6 Å². The highest BCUT2D eigenvalue weighted by atomic mass is 16.5. The second kappa shape index (κ2) is 2.40. The normalized spacial score (nSPS) is 39.9. The van der Waals surface area contributed by atoms with Crippen molar-refractivity contribution in [1.29, 1.82) is 0 Å². The molecule has 2 atom stereocenters. The van der Waals surface area contributed by atoms with Gasteiger partial charge in [-0.05, 0) is 44.9 Å². The van der Waals surface area contributed by atoms with Gasteiger partial charge >= 0.3 is 0 Å². The summed E-state index contributed by atoms with van der Waals surface area (Å²) in [5.74, 6) is 2.67. The Bertz CT molecular complexity index is 353. The third-order valence-corrected chi connectivity index (χ3v) is 3.85. The second-order valence-corrected chi connectivity index (χ2v) is 5.02. The van der Waals surface area contributed by atoms with Crippen molar-refractivity contribution in [1.82, 2.24) is 5.16 Å². The van der Waals surface area contributed by atoms with Crippen LogP contribution in [0.25, 0.3) is 0 Å². The lowest BCUT2D eigenvalue weighted by atomic mass is 9.85. The van der Waals surface area contributed by atoms with E-state index < -0.39 is 0 Å². The molecule has 1 heterocycles. The van der Waals surface area contributed by atoms with Gasteiger partial charge in [0.1, 0.15) is 5.76 Å². The zero-order valence-electron chi connectivity index (χ0n) is 8.71. The smallest absolute Gasteiger partial charge is 0.138 e. The van der Waals surface area contributed by atoms with Crippen LogP contribution in [0.3, 0.4) is 0 Å². The maximum atomic E-state index is 6.45. The van der Waals surface area contributed by atoms with Crippen LogP contribution < -0.4 is 5.73 Å². The lowest BCUT2D eigenvalue weighted by Gasteiger charge is -2.25. The predicted octanol–water partition coefficient (Wildman–Crippen LogP) is 1.88. The number of nitrogens with zero attached hydrogens (tertiary/aromatic N) is 1. The predicted molar refractivity (Wildman–Crippen MR) is 52.7 cm³/mol. The van der Waals surface area contributed by atoms with E-state index in [0.29, 0.717) is 0 Å². The van der Waals surface area contributed by atoms with E-state index in [1.807, 2.05) is 13.8 Å². The average molecular weight is 192 g/mol. The summed E-state index contributed by atoms with van der Waals surface area (Å²) in [5, 5.41) is 3.99. The Balaban J connectivity index is 2.01. The van der Waals surface area contributed by atoms with E-state index in [-0.39, 0.29) is 5.54 Å². The zero-order valence-corrected chi connectivity index (χ0v) is 8.71. The van der Waals surface area contributed by atoms with Crippen molar-refractivity contribution >= 4 is 0 Å². The quantitative estimate of drug-likeness (QED) is 0.739. The van der Waals surface area contributed by atoms with Gasteiger partial charge in [0.15, 0.2) is 0 Å². The Morgan fingerprint density at radius 1 is 1.36 bits per heavy atom. The van der Waals surface area contributed by atoms with Crippen LogP contribution in [0.15, 0.2) is 4.52 Å². The number of nitrogens with two attached hydrogens (primary N) is 1. The highest BCUT2D eigenvalue weighted by molar-refractivity contribution is 5.33. The Morgan fingerprint density at radius 3 is 2.50 bits per heavy atom. The molecule has 0 spiro atoms. The molecule has 0 bridgehead atoms. The first kappa shape index (κ1) is 8.48. The van der Waals surface area contributed by atoms with Crippen LogP contribution in [0.2, 0.25) is 0 Å². The standard InChI is InChI=1S/C11H16N2O/c1-6-10(7(2)14-13-6)11(12)4-8-3-9(8)5-11/h8-9H,3-5,12H2,1-2H3. The lowest BCUT2D eigenvalue weighted by molar-refractivity contribution is 0.375. The van der Waals surface area contributed by atoms with Gasteiger partial charge in [0.25, 0.3) is 0 Å². The number of rotatable bonds is 1. The number of aromatic nitrogens is 1. The van der Waals surface area contributed by atoms with Gasteiger partial charge in [-0.3, -0.25) is 0 Å². The molecule has 0 amide bonds. The molecule has 1 aromatic heterocycles. The van der Waals surface area contributed by atoms with Gasteiger partial charge in [0.05, 0.1) is 5.69 Å². The third kappa shape index (κ3) is 0.989. The van der Waals surface area contributed by atoms with Crippen LogP contribution in [0.5, 0.6) is 0 Å². The largest absolute Gasteiger partial charge is 0.361 e. The minimum atomic E-state index is -0.137. The Labute approximate surface area is 83.6 Å². The van der Waals surface area contributed by atoms with E-state index in [2.05, 4.69) is 5.16 Å². The molecule has 2 N–H and O–H groups in total. The molecule has 2 fully saturated rings. The van der Waals surface area contributed by atoms with E-state index in [9.17, 15) is 0 Å². The molecule has 76 valence electrons. The molecule has 3 heteroatoms. The van der Waals surface area contributed by atoms with Gasteiger partial charge in [-0.15, -0.1) is 0 Å². The molecule has 1 aromatic rings. The minimum Gasteiger partial charge on any atom is -0.361 e. The number of hydrogen-bond acceptors (Lipinski definition) is 3. The number of aryl methyl sites for hydroxylation is 2. The van der Waals surface area contributed by atoms with Crippen molar-refractivity contribution in [2.45, 2.75) is 38.6 Å². The SMILES string of the molecule is Cc1noc(C)c1C1(N)CC2CC2C1. The van der Waals surface area contributed by atoms with E-state index in [4.69, 9.17) is 10.3 Å². The Morgan fingerprint density at radius 2 is 2.00 bits per heavy atom. The molecule has 0 radical (unpaired) electrons. The summed E-state index contributed by atoms with van der Waals surface area (Å²) in [6, 6.07) is 0. The second-order valence-electron chi connectivity index (χ2n) is 5.02. The van der Waals surface area contributed by atoms with Crippen molar-refractivity contribution in [3.63, 3.8) is 0 Å². The summed E-state index contributed by atoms with van der Waals surface area (Å²) < 4.78 is 5.19. The first-order valence-corrected chi connectivity index (χ1v) is 5.32. The van der Waals surface area contributed by atoms with Crippen molar-refractivity contribution in [3.05, 3.63) is 17.0 Å². The van der Waals surface area contributed by atoms with Gasteiger partial charge in [0, 0.05) is 11.1 Å². The molecular weight excluding hydrogens is 176 g/mol. The summed E-state index contributed by atoms with van der Waals surface area (Å²) in [5.41, 5.74) is 8.46. The maximum Gasteiger partial charge on any atom is 0.138 e. The van der Waals surface area contributed by atoms with E-state index in [1.54, 1.807) is 0 Å².